The minimum Gasteiger partial charge on any atom is -0.490 e. The lowest BCUT2D eigenvalue weighted by Gasteiger charge is -2.14. The molecular weight excluding hydrogens is 291 g/mol. The Morgan fingerprint density at radius 2 is 2.11 bits per heavy atom. The van der Waals surface area contributed by atoms with E-state index in [-0.39, 0.29) is 19.0 Å². The van der Waals surface area contributed by atoms with Gasteiger partial charge < -0.3 is 20.5 Å². The Kier molecular flexibility index (Phi) is 8.30. The van der Waals surface area contributed by atoms with Crippen LogP contribution in [0.2, 0.25) is 5.02 Å². The number of hydrogen-bond acceptors (Lipinski definition) is 4. The molecule has 0 aliphatic carbocycles. The third-order valence-electron chi connectivity index (χ3n) is 2.11. The van der Waals surface area contributed by atoms with Crippen LogP contribution in [-0.2, 0) is 11.3 Å². The van der Waals surface area contributed by atoms with Crippen molar-refractivity contribution in [1.29, 1.82) is 0 Å². The number of rotatable bonds is 7. The molecule has 0 radical (unpaired) electrons. The molecule has 0 bridgehead atoms. The van der Waals surface area contributed by atoms with Crippen LogP contribution >= 0.6 is 24.0 Å². The third kappa shape index (κ3) is 5.55. The molecule has 19 heavy (non-hydrogen) atoms. The minimum absolute atomic E-state index is 0. The summed E-state index contributed by atoms with van der Waals surface area (Å²) in [5, 5.41) is 3.42. The number of carbonyl (C=O) groups excluding carboxylic acids is 1. The molecule has 1 amide bonds. The quantitative estimate of drug-likeness (QED) is 0.805. The van der Waals surface area contributed by atoms with Crippen LogP contribution in [-0.4, -0.2) is 26.2 Å². The summed E-state index contributed by atoms with van der Waals surface area (Å²) >= 11 is 6.10. The molecule has 5 nitrogen and oxygen atoms in total. The van der Waals surface area contributed by atoms with Crippen LogP contribution in [0.25, 0.3) is 0 Å². The molecule has 108 valence electrons. The zero-order chi connectivity index (χ0) is 13.5. The summed E-state index contributed by atoms with van der Waals surface area (Å²) in [6.07, 6.45) is 0. The second kappa shape index (κ2) is 8.85. The van der Waals surface area contributed by atoms with Gasteiger partial charge in [0.25, 0.3) is 5.91 Å². The zero-order valence-corrected chi connectivity index (χ0v) is 12.4. The van der Waals surface area contributed by atoms with E-state index in [9.17, 15) is 4.79 Å². The standard InChI is InChI=1S/C12H17ClN2O3.ClH/c1-3-17-10-5-8(6-15-2)4-9(13)12(10)18-7-11(14)16;/h4-5,15H,3,6-7H2,1-2H3,(H2,14,16);1H. The maximum Gasteiger partial charge on any atom is 0.255 e. The fraction of sp³-hybridized carbons (Fsp3) is 0.417. The van der Waals surface area contributed by atoms with Crippen molar-refractivity contribution in [3.63, 3.8) is 0 Å². The highest BCUT2D eigenvalue weighted by Crippen LogP contribution is 2.36. The summed E-state index contributed by atoms with van der Waals surface area (Å²) in [7, 11) is 1.84. The van der Waals surface area contributed by atoms with E-state index in [2.05, 4.69) is 5.32 Å². The van der Waals surface area contributed by atoms with Crippen molar-refractivity contribution in [2.75, 3.05) is 20.3 Å². The molecular formula is C12H18Cl2N2O3. The van der Waals surface area contributed by atoms with E-state index in [1.54, 1.807) is 6.07 Å². The maximum absolute atomic E-state index is 10.7. The molecule has 0 fully saturated rings. The highest BCUT2D eigenvalue weighted by molar-refractivity contribution is 6.32. The number of amides is 1. The molecule has 7 heteroatoms. The Hall–Kier alpha value is -1.17. The van der Waals surface area contributed by atoms with Gasteiger partial charge in [0.2, 0.25) is 0 Å². The molecule has 1 aromatic carbocycles. The molecule has 0 aromatic heterocycles. The molecule has 0 heterocycles. The molecule has 0 aliphatic rings. The smallest absolute Gasteiger partial charge is 0.255 e. The summed E-state index contributed by atoms with van der Waals surface area (Å²) in [6.45, 7) is 2.77. The van der Waals surface area contributed by atoms with Gasteiger partial charge >= 0.3 is 0 Å². The van der Waals surface area contributed by atoms with Crippen molar-refractivity contribution in [2.45, 2.75) is 13.5 Å². The van der Waals surface area contributed by atoms with Crippen LogP contribution in [0.5, 0.6) is 11.5 Å². The lowest BCUT2D eigenvalue weighted by atomic mass is 10.2. The number of ether oxygens (including phenoxy) is 2. The average Bonchev–Trinajstić information content (AvgIpc) is 2.28. The number of halogens is 2. The first kappa shape index (κ1) is 17.8. The molecule has 3 N–H and O–H groups in total. The van der Waals surface area contributed by atoms with Crippen molar-refractivity contribution in [3.05, 3.63) is 22.7 Å². The lowest BCUT2D eigenvalue weighted by molar-refractivity contribution is -0.119. The van der Waals surface area contributed by atoms with Gasteiger partial charge in [0.15, 0.2) is 18.1 Å². The van der Waals surface area contributed by atoms with Gasteiger partial charge in [-0.15, -0.1) is 12.4 Å². The monoisotopic (exact) mass is 308 g/mol. The Morgan fingerprint density at radius 3 is 2.63 bits per heavy atom. The van der Waals surface area contributed by atoms with Gasteiger partial charge in [-0.3, -0.25) is 4.79 Å². The topological polar surface area (TPSA) is 73.6 Å². The van der Waals surface area contributed by atoms with Crippen LogP contribution in [0.15, 0.2) is 12.1 Å². The molecule has 0 spiro atoms. The van der Waals surface area contributed by atoms with E-state index in [0.29, 0.717) is 29.7 Å². The Bertz CT molecular complexity index is 428. The molecule has 0 unspecified atom stereocenters. The largest absolute Gasteiger partial charge is 0.490 e. The van der Waals surface area contributed by atoms with E-state index in [1.807, 2.05) is 20.0 Å². The number of hydrogen-bond donors (Lipinski definition) is 2. The van der Waals surface area contributed by atoms with E-state index in [4.69, 9.17) is 26.8 Å². The summed E-state index contributed by atoms with van der Waals surface area (Å²) in [6, 6.07) is 3.58. The SMILES string of the molecule is CCOc1cc(CNC)cc(Cl)c1OCC(N)=O.Cl. The van der Waals surface area contributed by atoms with Gasteiger partial charge in [-0.25, -0.2) is 0 Å². The first-order valence-corrected chi connectivity index (χ1v) is 5.97. The van der Waals surface area contributed by atoms with Gasteiger partial charge in [0.05, 0.1) is 11.6 Å². The summed E-state index contributed by atoms with van der Waals surface area (Å²) in [5.74, 6) is 0.293. The third-order valence-corrected chi connectivity index (χ3v) is 2.39. The van der Waals surface area contributed by atoms with Crippen LogP contribution in [0, 0.1) is 0 Å². The number of carbonyl (C=O) groups is 1. The predicted molar refractivity (Wildman–Crippen MR) is 77.3 cm³/mol. The highest BCUT2D eigenvalue weighted by atomic mass is 35.5. The molecule has 1 rings (SSSR count). The predicted octanol–water partition coefficient (Wildman–Crippen LogP) is 1.74. The molecule has 0 atom stereocenters. The molecule has 0 saturated carbocycles. The van der Waals surface area contributed by atoms with E-state index >= 15 is 0 Å². The number of nitrogens with one attached hydrogen (secondary N) is 1. The van der Waals surface area contributed by atoms with Gasteiger partial charge in [-0.1, -0.05) is 11.6 Å². The van der Waals surface area contributed by atoms with Crippen molar-refractivity contribution in [2.24, 2.45) is 5.73 Å². The lowest BCUT2D eigenvalue weighted by Crippen LogP contribution is -2.20. The van der Waals surface area contributed by atoms with Crippen molar-refractivity contribution < 1.29 is 14.3 Å². The highest BCUT2D eigenvalue weighted by Gasteiger charge is 2.13. The van der Waals surface area contributed by atoms with Crippen molar-refractivity contribution >= 4 is 29.9 Å². The Morgan fingerprint density at radius 1 is 1.42 bits per heavy atom. The van der Waals surface area contributed by atoms with Gasteiger partial charge in [0, 0.05) is 6.54 Å². The Balaban J connectivity index is 0.00000324. The number of primary amides is 1. The van der Waals surface area contributed by atoms with E-state index in [0.717, 1.165) is 5.56 Å². The van der Waals surface area contributed by atoms with Gasteiger partial charge in [0.1, 0.15) is 0 Å². The number of nitrogens with two attached hydrogens (primary N) is 1. The average molecular weight is 309 g/mol. The number of benzene rings is 1. The summed E-state index contributed by atoms with van der Waals surface area (Å²) in [5.41, 5.74) is 6.00. The van der Waals surface area contributed by atoms with Crippen LogP contribution in [0.1, 0.15) is 12.5 Å². The molecule has 0 aliphatic heterocycles. The van der Waals surface area contributed by atoms with Crippen LogP contribution < -0.4 is 20.5 Å². The van der Waals surface area contributed by atoms with E-state index < -0.39 is 5.91 Å². The minimum atomic E-state index is -0.562. The first-order valence-electron chi connectivity index (χ1n) is 5.59. The van der Waals surface area contributed by atoms with Crippen LogP contribution in [0.4, 0.5) is 0 Å². The fourth-order valence-electron chi connectivity index (χ4n) is 1.47. The van der Waals surface area contributed by atoms with Crippen molar-refractivity contribution in [3.8, 4) is 11.5 Å². The first-order chi connectivity index (χ1) is 8.58. The van der Waals surface area contributed by atoms with Crippen LogP contribution in [0.3, 0.4) is 0 Å². The van der Waals surface area contributed by atoms with Crippen molar-refractivity contribution in [1.82, 2.24) is 5.32 Å². The summed E-state index contributed by atoms with van der Waals surface area (Å²) in [4.78, 5) is 10.7. The maximum atomic E-state index is 10.7. The molecule has 1 aromatic rings. The molecule has 0 saturated heterocycles. The second-order valence-corrected chi connectivity index (χ2v) is 4.03. The second-order valence-electron chi connectivity index (χ2n) is 3.62. The normalized spacial score (nSPS) is 9.63. The van der Waals surface area contributed by atoms with Gasteiger partial charge in [-0.2, -0.15) is 0 Å². The fourth-order valence-corrected chi connectivity index (χ4v) is 1.76. The van der Waals surface area contributed by atoms with E-state index in [1.165, 1.54) is 0 Å². The summed E-state index contributed by atoms with van der Waals surface area (Å²) < 4.78 is 10.7. The van der Waals surface area contributed by atoms with Gasteiger partial charge in [-0.05, 0) is 31.7 Å². The Labute approximate surface area is 123 Å². The zero-order valence-electron chi connectivity index (χ0n) is 10.9.